The normalized spacial score (nSPS) is 25.4. The molecule has 2 aromatic rings. The maximum absolute atomic E-state index is 12.1. The zero-order valence-electron chi connectivity index (χ0n) is 12.6. The van der Waals surface area contributed by atoms with Gasteiger partial charge in [-0.1, -0.05) is 5.92 Å². The Morgan fingerprint density at radius 1 is 1.50 bits per heavy atom. The molecule has 120 valence electrons. The summed E-state index contributed by atoms with van der Waals surface area (Å²) < 4.78 is 8.06. The maximum atomic E-state index is 12.1. The van der Waals surface area contributed by atoms with Crippen molar-refractivity contribution in [1.82, 2.24) is 24.3 Å². The van der Waals surface area contributed by atoms with Gasteiger partial charge in [0, 0.05) is 101 Å². The van der Waals surface area contributed by atoms with Crippen LogP contribution >= 0.6 is 0 Å². The third kappa shape index (κ3) is 4.18. The van der Waals surface area contributed by atoms with E-state index in [0.717, 1.165) is 0 Å². The summed E-state index contributed by atoms with van der Waals surface area (Å²) >= 11 is 0. The van der Waals surface area contributed by atoms with Gasteiger partial charge in [0.05, 0.1) is 6.61 Å². The van der Waals surface area contributed by atoms with Crippen LogP contribution in [0.15, 0.2) is 29.7 Å². The first kappa shape index (κ1) is 22.4. The van der Waals surface area contributed by atoms with Crippen molar-refractivity contribution in [1.29, 1.82) is 0 Å². The molecule has 9 nitrogen and oxygen atoms in total. The molecule has 2 radical (unpaired) electrons. The van der Waals surface area contributed by atoms with E-state index in [1.165, 1.54) is 28.1 Å². The predicted octanol–water partition coefficient (Wildman–Crippen LogP) is -1.53. The third-order valence-electron chi connectivity index (χ3n) is 3.57. The van der Waals surface area contributed by atoms with Crippen LogP contribution in [0.2, 0.25) is 0 Å². The van der Waals surface area contributed by atoms with E-state index in [9.17, 15) is 15.0 Å². The van der Waals surface area contributed by atoms with Gasteiger partial charge in [-0.05, 0) is 6.07 Å². The summed E-state index contributed by atoms with van der Waals surface area (Å²) in [4.78, 5) is 19.8. The van der Waals surface area contributed by atoms with Gasteiger partial charge in [0.15, 0.2) is 11.4 Å². The standard InChI is InChI=1S/C13H13N5O4.2Ac/c1-2-13(6-19)9(20)5-11(22-13)17-4-3-10(16-12(17)21)18-8-14-7-15-18;;/h1,3-4,7-9,11,19-20H,5-6H2;;/t9?,11-,13-;;/m1../s1. The molecule has 1 aliphatic rings. The molecule has 1 unspecified atom stereocenters. The second-order valence-corrected chi connectivity index (χ2v) is 4.83. The molecule has 2 aromatic heterocycles. The summed E-state index contributed by atoms with van der Waals surface area (Å²) in [5.74, 6) is 2.56. The van der Waals surface area contributed by atoms with Gasteiger partial charge >= 0.3 is 5.69 Å². The monoisotopic (exact) mass is 757 g/mol. The second kappa shape index (κ2) is 9.33. The molecule has 3 rings (SSSR count). The molecule has 0 amide bonds. The van der Waals surface area contributed by atoms with Crippen LogP contribution in [0.4, 0.5) is 0 Å². The van der Waals surface area contributed by atoms with Gasteiger partial charge in [0.2, 0.25) is 0 Å². The zero-order valence-corrected chi connectivity index (χ0v) is 22.0. The summed E-state index contributed by atoms with van der Waals surface area (Å²) in [7, 11) is 0. The van der Waals surface area contributed by atoms with Crippen LogP contribution in [0, 0.1) is 100 Å². The number of aromatic nitrogens is 5. The molecule has 11 heteroatoms. The minimum absolute atomic E-state index is 0. The fourth-order valence-electron chi connectivity index (χ4n) is 2.32. The summed E-state index contributed by atoms with van der Waals surface area (Å²) in [5, 5.41) is 23.2. The van der Waals surface area contributed by atoms with Gasteiger partial charge in [0.25, 0.3) is 0 Å². The topological polar surface area (TPSA) is 115 Å². The SMILES string of the molecule is C#C[C@]1(CO)O[C@@H](n2ccc(-n3cncn3)nc2=O)CC1O.[Ac].[Ac]. The van der Waals surface area contributed by atoms with Crippen LogP contribution in [0.3, 0.4) is 0 Å². The van der Waals surface area contributed by atoms with Gasteiger partial charge in [-0.3, -0.25) is 4.57 Å². The Balaban J connectivity index is 0.00000144. The van der Waals surface area contributed by atoms with Crippen molar-refractivity contribution in [2.75, 3.05) is 6.61 Å². The van der Waals surface area contributed by atoms with E-state index < -0.39 is 30.2 Å². The molecular formula is C13H13Ac2N5O4. The van der Waals surface area contributed by atoms with Crippen molar-refractivity contribution in [3.8, 4) is 18.2 Å². The molecule has 1 fully saturated rings. The van der Waals surface area contributed by atoms with Crippen LogP contribution in [0.5, 0.6) is 0 Å². The Kier molecular flexibility index (Phi) is 8.70. The van der Waals surface area contributed by atoms with Crippen molar-refractivity contribution < 1.29 is 103 Å². The van der Waals surface area contributed by atoms with Crippen LogP contribution in [0.25, 0.3) is 5.82 Å². The molecular weight excluding hydrogens is 744 g/mol. The number of nitrogens with zero attached hydrogens (tertiary/aromatic N) is 5. The minimum atomic E-state index is -1.51. The molecule has 3 atom stereocenters. The average Bonchev–Trinajstić information content (AvgIpc) is 3.15. The molecule has 0 bridgehead atoms. The molecule has 0 saturated carbocycles. The van der Waals surface area contributed by atoms with Crippen LogP contribution < -0.4 is 5.69 Å². The fraction of sp³-hybridized carbons (Fsp3) is 0.385. The van der Waals surface area contributed by atoms with Gasteiger partial charge in [-0.25, -0.2) is 14.5 Å². The number of aliphatic hydroxyl groups is 2. The Morgan fingerprint density at radius 3 is 2.75 bits per heavy atom. The molecule has 1 saturated heterocycles. The number of rotatable bonds is 3. The largest absolute Gasteiger partial charge is 0.392 e. The number of terminal acetylenes is 1. The smallest absolute Gasteiger partial charge is 0.351 e. The van der Waals surface area contributed by atoms with E-state index in [1.807, 2.05) is 0 Å². The molecule has 0 aromatic carbocycles. The maximum Gasteiger partial charge on any atom is 0.351 e. The molecule has 1 aliphatic heterocycles. The van der Waals surface area contributed by atoms with Crippen molar-refractivity contribution in [2.24, 2.45) is 0 Å². The summed E-state index contributed by atoms with van der Waals surface area (Å²) in [6.45, 7) is -0.541. The fourth-order valence-corrected chi connectivity index (χ4v) is 2.32. The van der Waals surface area contributed by atoms with Crippen LogP contribution in [0.1, 0.15) is 12.6 Å². The number of hydrogen-bond donors (Lipinski definition) is 2. The Labute approximate surface area is 208 Å². The number of aliphatic hydroxyl groups excluding tert-OH is 2. The minimum Gasteiger partial charge on any atom is -0.392 e. The summed E-state index contributed by atoms with van der Waals surface area (Å²) in [6.07, 6.45) is 7.73. The third-order valence-corrected chi connectivity index (χ3v) is 3.57. The molecule has 24 heavy (non-hydrogen) atoms. The second-order valence-electron chi connectivity index (χ2n) is 4.83. The molecule has 0 aliphatic carbocycles. The van der Waals surface area contributed by atoms with Crippen molar-refractivity contribution >= 4 is 0 Å². The van der Waals surface area contributed by atoms with E-state index in [1.54, 1.807) is 6.07 Å². The van der Waals surface area contributed by atoms with E-state index in [-0.39, 0.29) is 94.5 Å². The number of ether oxygens (including phenoxy) is 1. The van der Waals surface area contributed by atoms with Crippen LogP contribution in [-0.4, -0.2) is 52.8 Å². The molecule has 0 spiro atoms. The van der Waals surface area contributed by atoms with Gasteiger partial charge in [-0.2, -0.15) is 10.1 Å². The van der Waals surface area contributed by atoms with E-state index in [0.29, 0.717) is 5.82 Å². The number of hydrogen-bond acceptors (Lipinski definition) is 7. The first-order valence-electron chi connectivity index (χ1n) is 6.48. The van der Waals surface area contributed by atoms with E-state index in [4.69, 9.17) is 11.2 Å². The van der Waals surface area contributed by atoms with Crippen LogP contribution in [-0.2, 0) is 4.74 Å². The predicted molar refractivity (Wildman–Crippen MR) is 72.8 cm³/mol. The van der Waals surface area contributed by atoms with E-state index >= 15 is 0 Å². The Bertz CT molecular complexity index is 775. The Hall–Kier alpha value is 0.343. The molecule has 3 heterocycles. The van der Waals surface area contributed by atoms with Crippen molar-refractivity contribution in [3.63, 3.8) is 0 Å². The van der Waals surface area contributed by atoms with Crippen molar-refractivity contribution in [2.45, 2.75) is 24.4 Å². The summed E-state index contributed by atoms with van der Waals surface area (Å²) in [6, 6.07) is 1.56. The van der Waals surface area contributed by atoms with E-state index in [2.05, 4.69) is 21.0 Å². The van der Waals surface area contributed by atoms with Gasteiger partial charge < -0.3 is 14.9 Å². The first-order valence-corrected chi connectivity index (χ1v) is 6.48. The van der Waals surface area contributed by atoms with Gasteiger partial charge in [-0.15, -0.1) is 6.42 Å². The van der Waals surface area contributed by atoms with Gasteiger partial charge in [0.1, 0.15) is 25.0 Å². The van der Waals surface area contributed by atoms with Crippen molar-refractivity contribution in [3.05, 3.63) is 35.4 Å². The average molecular weight is 757 g/mol. The molecule has 2 N–H and O–H groups in total. The first-order chi connectivity index (χ1) is 10.6. The summed E-state index contributed by atoms with van der Waals surface area (Å²) in [5.41, 5.74) is -2.09. The Morgan fingerprint density at radius 2 is 2.25 bits per heavy atom. The quantitative estimate of drug-likeness (QED) is 0.366. The zero-order chi connectivity index (χ0) is 15.7.